The van der Waals surface area contributed by atoms with E-state index in [-0.39, 0.29) is 23.3 Å². The van der Waals surface area contributed by atoms with Gasteiger partial charge in [0.2, 0.25) is 11.8 Å². The molecule has 23 heavy (non-hydrogen) atoms. The molecule has 130 valence electrons. The van der Waals surface area contributed by atoms with Gasteiger partial charge >= 0.3 is 0 Å². The SMILES string of the molecule is CCCCOCCCNC(=O)CSCC(=O)Nc1cc(C)on1. The highest BCUT2D eigenvalue weighted by atomic mass is 32.2. The molecule has 1 aromatic rings. The summed E-state index contributed by atoms with van der Waals surface area (Å²) in [5.74, 6) is 1.18. The van der Waals surface area contributed by atoms with E-state index >= 15 is 0 Å². The average molecular weight is 343 g/mol. The summed E-state index contributed by atoms with van der Waals surface area (Å²) in [4.78, 5) is 23.2. The van der Waals surface area contributed by atoms with Gasteiger partial charge in [-0.15, -0.1) is 11.8 Å². The summed E-state index contributed by atoms with van der Waals surface area (Å²) in [6, 6.07) is 1.64. The van der Waals surface area contributed by atoms with Gasteiger partial charge in [-0.05, 0) is 19.8 Å². The van der Waals surface area contributed by atoms with E-state index < -0.39 is 0 Å². The second kappa shape index (κ2) is 12.0. The number of carbonyl (C=O) groups is 2. The number of nitrogens with one attached hydrogen (secondary N) is 2. The van der Waals surface area contributed by atoms with Crippen molar-refractivity contribution in [1.82, 2.24) is 10.5 Å². The molecule has 0 saturated heterocycles. The molecule has 0 saturated carbocycles. The van der Waals surface area contributed by atoms with Crippen LogP contribution in [0.25, 0.3) is 0 Å². The van der Waals surface area contributed by atoms with Crippen LogP contribution < -0.4 is 10.6 Å². The van der Waals surface area contributed by atoms with Crippen LogP contribution in [-0.2, 0) is 14.3 Å². The van der Waals surface area contributed by atoms with Gasteiger partial charge in [-0.1, -0.05) is 18.5 Å². The van der Waals surface area contributed by atoms with Crippen LogP contribution in [0.5, 0.6) is 0 Å². The summed E-state index contributed by atoms with van der Waals surface area (Å²) in [5, 5.41) is 9.07. The number of carbonyl (C=O) groups excluding carboxylic acids is 2. The summed E-state index contributed by atoms with van der Waals surface area (Å²) in [7, 11) is 0. The molecule has 0 aliphatic carbocycles. The molecule has 0 spiro atoms. The summed E-state index contributed by atoms with van der Waals surface area (Å²) < 4.78 is 10.3. The number of nitrogens with zero attached hydrogens (tertiary/aromatic N) is 1. The van der Waals surface area contributed by atoms with Gasteiger partial charge in [-0.3, -0.25) is 9.59 Å². The molecule has 0 aliphatic heterocycles. The predicted octanol–water partition coefficient (Wildman–Crippen LogP) is 1.98. The van der Waals surface area contributed by atoms with Gasteiger partial charge in [0.05, 0.1) is 11.5 Å². The van der Waals surface area contributed by atoms with E-state index in [2.05, 4.69) is 22.7 Å². The Hall–Kier alpha value is -1.54. The highest BCUT2D eigenvalue weighted by Gasteiger charge is 2.08. The Kier molecular flexibility index (Phi) is 10.1. The highest BCUT2D eigenvalue weighted by Crippen LogP contribution is 2.08. The van der Waals surface area contributed by atoms with Crippen molar-refractivity contribution >= 4 is 29.4 Å². The van der Waals surface area contributed by atoms with Gasteiger partial charge in [-0.2, -0.15) is 0 Å². The molecule has 1 heterocycles. The fourth-order valence-corrected chi connectivity index (χ4v) is 2.29. The van der Waals surface area contributed by atoms with Gasteiger partial charge in [0.25, 0.3) is 0 Å². The van der Waals surface area contributed by atoms with Gasteiger partial charge in [0.1, 0.15) is 5.76 Å². The third-order valence-electron chi connectivity index (χ3n) is 2.79. The Labute approximate surface area is 140 Å². The molecule has 1 rings (SSSR count). The monoisotopic (exact) mass is 343 g/mol. The van der Waals surface area contributed by atoms with E-state index in [1.54, 1.807) is 13.0 Å². The van der Waals surface area contributed by atoms with Crippen molar-refractivity contribution in [2.45, 2.75) is 33.1 Å². The van der Waals surface area contributed by atoms with Gasteiger partial charge in [0, 0.05) is 25.8 Å². The molecule has 0 unspecified atom stereocenters. The van der Waals surface area contributed by atoms with E-state index in [0.29, 0.717) is 24.7 Å². The van der Waals surface area contributed by atoms with E-state index in [9.17, 15) is 9.59 Å². The van der Waals surface area contributed by atoms with E-state index in [4.69, 9.17) is 9.26 Å². The molecule has 0 aliphatic rings. The van der Waals surface area contributed by atoms with Crippen LogP contribution in [0.2, 0.25) is 0 Å². The summed E-state index contributed by atoms with van der Waals surface area (Å²) in [6.45, 7) is 5.90. The van der Waals surface area contributed by atoms with Crippen molar-refractivity contribution in [3.05, 3.63) is 11.8 Å². The zero-order valence-corrected chi connectivity index (χ0v) is 14.5. The number of thioether (sulfide) groups is 1. The van der Waals surface area contributed by atoms with Gasteiger partial charge in [-0.25, -0.2) is 0 Å². The normalized spacial score (nSPS) is 10.5. The van der Waals surface area contributed by atoms with Crippen LogP contribution in [0.3, 0.4) is 0 Å². The topological polar surface area (TPSA) is 93.5 Å². The number of hydrogen-bond donors (Lipinski definition) is 2. The van der Waals surface area contributed by atoms with Crippen molar-refractivity contribution in [2.24, 2.45) is 0 Å². The maximum atomic E-state index is 11.6. The van der Waals surface area contributed by atoms with Gasteiger partial charge < -0.3 is 19.9 Å². The molecule has 0 bridgehead atoms. The number of aryl methyl sites for hydroxylation is 1. The first kappa shape index (κ1) is 19.5. The highest BCUT2D eigenvalue weighted by molar-refractivity contribution is 8.00. The number of hydrogen-bond acceptors (Lipinski definition) is 6. The first-order chi connectivity index (χ1) is 11.1. The van der Waals surface area contributed by atoms with Crippen molar-refractivity contribution in [3.63, 3.8) is 0 Å². The molecular weight excluding hydrogens is 318 g/mol. The van der Waals surface area contributed by atoms with Crippen molar-refractivity contribution in [3.8, 4) is 0 Å². The summed E-state index contributed by atoms with van der Waals surface area (Å²) >= 11 is 1.26. The standard InChI is InChI=1S/C15H25N3O4S/c1-3-4-7-21-8-5-6-16-14(19)10-23-11-15(20)17-13-9-12(2)22-18-13/h9H,3-8,10-11H2,1-2H3,(H,16,19)(H,17,18,20). The summed E-state index contributed by atoms with van der Waals surface area (Å²) in [5.41, 5.74) is 0. The first-order valence-electron chi connectivity index (χ1n) is 7.77. The minimum atomic E-state index is -0.208. The lowest BCUT2D eigenvalue weighted by Crippen LogP contribution is -2.27. The number of amides is 2. The van der Waals surface area contributed by atoms with Crippen molar-refractivity contribution in [1.29, 1.82) is 0 Å². The minimum absolute atomic E-state index is 0.0753. The molecule has 2 N–H and O–H groups in total. The van der Waals surface area contributed by atoms with Crippen LogP contribution in [0, 0.1) is 6.92 Å². The van der Waals surface area contributed by atoms with Crippen LogP contribution in [-0.4, -0.2) is 48.2 Å². The first-order valence-corrected chi connectivity index (χ1v) is 8.92. The van der Waals surface area contributed by atoms with E-state index in [1.807, 2.05) is 0 Å². The fourth-order valence-electron chi connectivity index (χ4n) is 1.64. The number of anilines is 1. The number of aromatic nitrogens is 1. The molecule has 8 heteroatoms. The van der Waals surface area contributed by atoms with Crippen molar-refractivity contribution < 1.29 is 18.8 Å². The Balaban J connectivity index is 1.98. The Bertz CT molecular complexity index is 479. The third-order valence-corrected chi connectivity index (χ3v) is 3.72. The molecular formula is C15H25N3O4S. The molecule has 0 fully saturated rings. The fraction of sp³-hybridized carbons (Fsp3) is 0.667. The second-order valence-electron chi connectivity index (χ2n) is 5.03. The zero-order chi connectivity index (χ0) is 16.9. The van der Waals surface area contributed by atoms with E-state index in [1.165, 1.54) is 11.8 Å². The van der Waals surface area contributed by atoms with Gasteiger partial charge in [0.15, 0.2) is 5.82 Å². The summed E-state index contributed by atoms with van der Waals surface area (Å²) in [6.07, 6.45) is 2.99. The van der Waals surface area contributed by atoms with Crippen LogP contribution in [0.15, 0.2) is 10.6 Å². The Morgan fingerprint density at radius 1 is 1.26 bits per heavy atom. The van der Waals surface area contributed by atoms with Crippen molar-refractivity contribution in [2.75, 3.05) is 36.6 Å². The number of rotatable bonds is 12. The lowest BCUT2D eigenvalue weighted by molar-refractivity contribution is -0.118. The minimum Gasteiger partial charge on any atom is -0.381 e. The molecule has 0 radical (unpaired) electrons. The number of unbranched alkanes of at least 4 members (excludes halogenated alkanes) is 1. The Morgan fingerprint density at radius 3 is 2.70 bits per heavy atom. The van der Waals surface area contributed by atoms with Crippen LogP contribution in [0.1, 0.15) is 31.9 Å². The molecule has 2 amide bonds. The lowest BCUT2D eigenvalue weighted by atomic mass is 10.4. The smallest absolute Gasteiger partial charge is 0.235 e. The average Bonchev–Trinajstić information content (AvgIpc) is 2.91. The zero-order valence-electron chi connectivity index (χ0n) is 13.7. The number of ether oxygens (including phenoxy) is 1. The van der Waals surface area contributed by atoms with Crippen LogP contribution >= 0.6 is 11.8 Å². The maximum Gasteiger partial charge on any atom is 0.235 e. The third kappa shape index (κ3) is 9.96. The predicted molar refractivity (Wildman–Crippen MR) is 90.5 cm³/mol. The molecule has 7 nitrogen and oxygen atoms in total. The largest absolute Gasteiger partial charge is 0.381 e. The van der Waals surface area contributed by atoms with Crippen LogP contribution in [0.4, 0.5) is 5.82 Å². The van der Waals surface area contributed by atoms with E-state index in [0.717, 1.165) is 25.9 Å². The Morgan fingerprint density at radius 2 is 2.00 bits per heavy atom. The molecule has 0 aromatic carbocycles. The molecule has 0 atom stereocenters. The second-order valence-corrected chi connectivity index (χ2v) is 6.02. The quantitative estimate of drug-likeness (QED) is 0.564. The molecule has 1 aromatic heterocycles. The maximum absolute atomic E-state index is 11.6. The lowest BCUT2D eigenvalue weighted by Gasteiger charge is -2.06.